The van der Waals surface area contributed by atoms with Crippen LogP contribution in [-0.2, 0) is 11.8 Å². The monoisotopic (exact) mass is 266 g/mol. The molecular weight excluding hydrogens is 228 g/mol. The van der Waals surface area contributed by atoms with E-state index < -0.39 is 0 Å². The lowest BCUT2D eigenvalue weighted by Crippen LogP contribution is -2.28. The van der Waals surface area contributed by atoms with Crippen molar-refractivity contribution in [3.8, 4) is 0 Å². The van der Waals surface area contributed by atoms with Crippen LogP contribution in [0.15, 0.2) is 24.3 Å². The van der Waals surface area contributed by atoms with Crippen molar-refractivity contribution in [3.63, 3.8) is 0 Å². The molecule has 1 aromatic carbocycles. The predicted molar refractivity (Wildman–Crippen MR) is 93.1 cm³/mol. The topological polar surface area (TPSA) is 0 Å². The summed E-state index contributed by atoms with van der Waals surface area (Å²) in [4.78, 5) is 0. The minimum atomic E-state index is 0. The van der Waals surface area contributed by atoms with Gasteiger partial charge in [0.1, 0.15) is 0 Å². The summed E-state index contributed by atoms with van der Waals surface area (Å²) in [6.07, 6.45) is 2.59. The van der Waals surface area contributed by atoms with Gasteiger partial charge >= 0.3 is 0 Å². The van der Waals surface area contributed by atoms with E-state index in [9.17, 15) is 0 Å². The van der Waals surface area contributed by atoms with Gasteiger partial charge in [-0.3, -0.25) is 0 Å². The summed E-state index contributed by atoms with van der Waals surface area (Å²) < 4.78 is 0. The van der Waals surface area contributed by atoms with E-state index >= 15 is 0 Å². The molecule has 0 N–H and O–H groups in total. The van der Waals surface area contributed by atoms with Gasteiger partial charge in [-0.2, -0.15) is 0 Å². The molecule has 0 amide bonds. The van der Waals surface area contributed by atoms with Crippen molar-refractivity contribution < 1.29 is 1.43 Å². The smallest absolute Gasteiger partial charge is 0 e. The van der Waals surface area contributed by atoms with Gasteiger partial charge in [-0.05, 0) is 35.3 Å². The SMILES string of the molecule is CC.CC.CC.CC1Cc2ccccc2C(C)(C)C1.[HH]. The van der Waals surface area contributed by atoms with Crippen LogP contribution in [0.25, 0.3) is 0 Å². The first-order chi connectivity index (χ1) is 9.09. The van der Waals surface area contributed by atoms with Crippen LogP contribution >= 0.6 is 0 Å². The standard InChI is InChI=1S/C13H18.3C2H6.H2/c1-10-8-11-6-4-5-7-12(11)13(2,3)9-10;3*1-2;/h4-7,10H,8-9H2,1-3H3;3*1-2H3;1H. The summed E-state index contributed by atoms with van der Waals surface area (Å²) in [5.41, 5.74) is 3.51. The van der Waals surface area contributed by atoms with Gasteiger partial charge in [-0.15, -0.1) is 0 Å². The van der Waals surface area contributed by atoms with Crippen molar-refractivity contribution >= 4 is 0 Å². The molecule has 0 saturated heterocycles. The highest BCUT2D eigenvalue weighted by atomic mass is 14.3. The fourth-order valence-electron chi connectivity index (χ4n) is 2.79. The molecule has 0 aliphatic heterocycles. The molecule has 1 aromatic rings. The van der Waals surface area contributed by atoms with Gasteiger partial charge in [0.05, 0.1) is 0 Å². The third-order valence-corrected chi connectivity index (χ3v) is 3.17. The maximum atomic E-state index is 2.36. The number of rotatable bonds is 0. The lowest BCUT2D eigenvalue weighted by atomic mass is 9.69. The molecular formula is C19H38. The molecule has 0 nitrogen and oxygen atoms in total. The van der Waals surface area contributed by atoms with E-state index in [1.807, 2.05) is 41.5 Å². The molecule has 0 spiro atoms. The maximum Gasteiger partial charge on any atom is 0 e. The van der Waals surface area contributed by atoms with Crippen molar-refractivity contribution in [1.82, 2.24) is 0 Å². The molecule has 1 aliphatic rings. The molecule has 0 saturated carbocycles. The summed E-state index contributed by atoms with van der Waals surface area (Å²) in [7, 11) is 0. The molecule has 0 radical (unpaired) electrons. The van der Waals surface area contributed by atoms with Crippen molar-refractivity contribution in [2.45, 2.75) is 80.6 Å². The Morgan fingerprint density at radius 2 is 1.42 bits per heavy atom. The van der Waals surface area contributed by atoms with Crippen molar-refractivity contribution in [2.75, 3.05) is 0 Å². The zero-order valence-corrected chi connectivity index (χ0v) is 14.8. The Hall–Kier alpha value is -0.780. The van der Waals surface area contributed by atoms with Crippen LogP contribution in [0.4, 0.5) is 0 Å². The molecule has 1 atom stereocenters. The molecule has 1 aliphatic carbocycles. The summed E-state index contributed by atoms with van der Waals surface area (Å²) in [5.74, 6) is 0.838. The van der Waals surface area contributed by atoms with Crippen LogP contribution in [-0.4, -0.2) is 0 Å². The largest absolute Gasteiger partial charge is 0.0683 e. The Morgan fingerprint density at radius 3 is 1.95 bits per heavy atom. The van der Waals surface area contributed by atoms with Gasteiger partial charge < -0.3 is 0 Å². The average molecular weight is 267 g/mol. The molecule has 114 valence electrons. The fraction of sp³-hybridized carbons (Fsp3) is 0.684. The van der Waals surface area contributed by atoms with Crippen LogP contribution in [0.2, 0.25) is 0 Å². The molecule has 0 aromatic heterocycles. The van der Waals surface area contributed by atoms with E-state index in [1.165, 1.54) is 12.8 Å². The second-order valence-corrected chi connectivity index (χ2v) is 5.05. The van der Waals surface area contributed by atoms with Gasteiger partial charge in [-0.1, -0.05) is 86.6 Å². The first-order valence-corrected chi connectivity index (χ1v) is 8.18. The second kappa shape index (κ2) is 11.1. The van der Waals surface area contributed by atoms with E-state index in [2.05, 4.69) is 45.0 Å². The van der Waals surface area contributed by atoms with E-state index in [4.69, 9.17) is 0 Å². The predicted octanol–water partition coefficient (Wildman–Crippen LogP) is 6.87. The highest BCUT2D eigenvalue weighted by Gasteiger charge is 2.30. The summed E-state index contributed by atoms with van der Waals surface area (Å²) in [6, 6.07) is 8.90. The highest BCUT2D eigenvalue weighted by molar-refractivity contribution is 5.35. The van der Waals surface area contributed by atoms with Gasteiger partial charge in [0, 0.05) is 1.43 Å². The summed E-state index contributed by atoms with van der Waals surface area (Å²) >= 11 is 0. The van der Waals surface area contributed by atoms with Gasteiger partial charge in [0.2, 0.25) is 0 Å². The zero-order valence-electron chi connectivity index (χ0n) is 14.8. The van der Waals surface area contributed by atoms with E-state index in [0.29, 0.717) is 5.41 Å². The van der Waals surface area contributed by atoms with E-state index in [0.717, 1.165) is 5.92 Å². The third-order valence-electron chi connectivity index (χ3n) is 3.17. The molecule has 0 heterocycles. The van der Waals surface area contributed by atoms with Crippen LogP contribution < -0.4 is 0 Å². The van der Waals surface area contributed by atoms with Crippen LogP contribution in [0.5, 0.6) is 0 Å². The van der Waals surface area contributed by atoms with E-state index in [-0.39, 0.29) is 1.43 Å². The number of hydrogen-bond donors (Lipinski definition) is 0. The maximum absolute atomic E-state index is 2.36. The number of benzene rings is 1. The van der Waals surface area contributed by atoms with Crippen LogP contribution in [0.1, 0.15) is 81.3 Å². The zero-order chi connectivity index (χ0) is 15.5. The number of fused-ring (bicyclic) bond motifs is 1. The lowest BCUT2D eigenvalue weighted by molar-refractivity contribution is 0.348. The van der Waals surface area contributed by atoms with Crippen molar-refractivity contribution in [1.29, 1.82) is 0 Å². The average Bonchev–Trinajstić information content (AvgIpc) is 2.44. The molecule has 0 heteroatoms. The highest BCUT2D eigenvalue weighted by Crippen LogP contribution is 2.38. The fourth-order valence-corrected chi connectivity index (χ4v) is 2.79. The Bertz CT molecular complexity index is 315. The Labute approximate surface area is 124 Å². The molecule has 2 rings (SSSR count). The quantitative estimate of drug-likeness (QED) is 0.480. The summed E-state index contributed by atoms with van der Waals surface area (Å²) in [5, 5.41) is 0. The third kappa shape index (κ3) is 6.27. The minimum absolute atomic E-state index is 0. The Morgan fingerprint density at radius 1 is 0.947 bits per heavy atom. The second-order valence-electron chi connectivity index (χ2n) is 5.05. The van der Waals surface area contributed by atoms with Gasteiger partial charge in [-0.25, -0.2) is 0 Å². The van der Waals surface area contributed by atoms with Crippen molar-refractivity contribution in [3.05, 3.63) is 35.4 Å². The van der Waals surface area contributed by atoms with E-state index in [1.54, 1.807) is 11.1 Å². The van der Waals surface area contributed by atoms with Crippen molar-refractivity contribution in [2.24, 2.45) is 5.92 Å². The lowest BCUT2D eigenvalue weighted by Gasteiger charge is -2.36. The molecule has 0 fully saturated rings. The van der Waals surface area contributed by atoms with Crippen LogP contribution in [0, 0.1) is 5.92 Å². The number of hydrogen-bond acceptors (Lipinski definition) is 0. The first kappa shape index (κ1) is 20.5. The molecule has 1 unspecified atom stereocenters. The molecule has 19 heavy (non-hydrogen) atoms. The molecule has 0 bridgehead atoms. The summed E-state index contributed by atoms with van der Waals surface area (Å²) in [6.45, 7) is 19.1. The first-order valence-electron chi connectivity index (χ1n) is 8.18. The minimum Gasteiger partial charge on any atom is -0.0683 e. The van der Waals surface area contributed by atoms with Gasteiger partial charge in [0.25, 0.3) is 0 Å². The van der Waals surface area contributed by atoms with Crippen LogP contribution in [0.3, 0.4) is 0 Å². The Balaban J connectivity index is -0.000000368. The Kier molecular flexibility index (Phi) is 12.0. The van der Waals surface area contributed by atoms with Gasteiger partial charge in [0.15, 0.2) is 0 Å². The normalized spacial score (nSPS) is 18.3.